The number of likely N-dealkylation sites (N-methyl/N-ethyl adjacent to an activating group) is 1. The van der Waals surface area contributed by atoms with Crippen molar-refractivity contribution in [2.75, 3.05) is 33.7 Å². The van der Waals surface area contributed by atoms with Gasteiger partial charge in [0.15, 0.2) is 0 Å². The molecule has 2 heterocycles. The molecule has 3 N–H and O–H groups in total. The fraction of sp³-hybridized carbons (Fsp3) is 0.429. The summed E-state index contributed by atoms with van der Waals surface area (Å²) < 4.78 is 76.6. The fourth-order valence-electron chi connectivity index (χ4n) is 2.95. The quantitative estimate of drug-likeness (QED) is 0.508. The average molecular weight is 544 g/mol. The van der Waals surface area contributed by atoms with Gasteiger partial charge in [-0.05, 0) is 44.8 Å². The minimum atomic E-state index is -5.08. The maximum Gasteiger partial charge on any atom is 0.490 e. The first kappa shape index (κ1) is 31.3. The van der Waals surface area contributed by atoms with Gasteiger partial charge in [0.05, 0.1) is 12.2 Å². The third kappa shape index (κ3) is 10.4. The number of amides is 1. The van der Waals surface area contributed by atoms with Gasteiger partial charge in [-0.25, -0.2) is 14.0 Å². The second-order valence-electron chi connectivity index (χ2n) is 7.76. The summed E-state index contributed by atoms with van der Waals surface area (Å²) in [5, 5.41) is 21.7. The van der Waals surface area contributed by atoms with Gasteiger partial charge in [-0.15, -0.1) is 0 Å². The number of aliphatic carboxylic acids is 2. The van der Waals surface area contributed by atoms with Crippen LogP contribution in [0.2, 0.25) is 0 Å². The average Bonchev–Trinajstić information content (AvgIpc) is 3.04. The number of H-pyrrole nitrogens is 1. The van der Waals surface area contributed by atoms with E-state index < -0.39 is 24.3 Å². The Kier molecular flexibility index (Phi) is 11.0. The minimum absolute atomic E-state index is 0.149. The van der Waals surface area contributed by atoms with Crippen molar-refractivity contribution in [3.8, 4) is 11.3 Å². The van der Waals surface area contributed by atoms with Crippen molar-refractivity contribution in [1.29, 1.82) is 0 Å². The van der Waals surface area contributed by atoms with Crippen LogP contribution in [-0.2, 0) is 27.2 Å². The molecule has 206 valence electrons. The highest BCUT2D eigenvalue weighted by Gasteiger charge is 2.38. The lowest BCUT2D eigenvalue weighted by atomic mass is 10.0. The number of carboxylic acid groups (broad SMARTS) is 2. The second-order valence-corrected chi connectivity index (χ2v) is 7.76. The molecule has 9 nitrogen and oxygen atoms in total. The number of rotatable bonds is 3. The zero-order valence-electron chi connectivity index (χ0n) is 19.5. The summed E-state index contributed by atoms with van der Waals surface area (Å²) in [7, 11) is 3.80. The number of nitrogens with one attached hydrogen (secondary N) is 1. The van der Waals surface area contributed by atoms with Crippen LogP contribution in [-0.4, -0.2) is 94.1 Å². The summed E-state index contributed by atoms with van der Waals surface area (Å²) in [5.41, 5.74) is 3.97. The highest BCUT2D eigenvalue weighted by molar-refractivity contribution is 5.78. The van der Waals surface area contributed by atoms with Crippen molar-refractivity contribution in [3.63, 3.8) is 0 Å². The van der Waals surface area contributed by atoms with E-state index in [2.05, 4.69) is 10.2 Å². The first-order valence-corrected chi connectivity index (χ1v) is 10.3. The Morgan fingerprint density at radius 2 is 1.41 bits per heavy atom. The molecule has 1 amide bonds. The molecular formula is C21H23F7N4O5. The number of carboxylic acids is 2. The van der Waals surface area contributed by atoms with Crippen molar-refractivity contribution in [2.45, 2.75) is 25.2 Å². The lowest BCUT2D eigenvalue weighted by Crippen LogP contribution is -2.39. The summed E-state index contributed by atoms with van der Waals surface area (Å²) in [6.07, 6.45) is -8.64. The number of nitrogens with zero attached hydrogens (tertiary/aromatic N) is 3. The van der Waals surface area contributed by atoms with Crippen molar-refractivity contribution >= 4 is 17.8 Å². The van der Waals surface area contributed by atoms with Crippen LogP contribution in [0.1, 0.15) is 11.3 Å². The monoisotopic (exact) mass is 544 g/mol. The zero-order chi connectivity index (χ0) is 28.6. The molecule has 0 radical (unpaired) electrons. The molecule has 1 aliphatic heterocycles. The minimum Gasteiger partial charge on any atom is -0.475 e. The topological polar surface area (TPSA) is 127 Å². The summed E-state index contributed by atoms with van der Waals surface area (Å²) in [5.74, 6) is -5.62. The third-order valence-electron chi connectivity index (χ3n) is 4.62. The van der Waals surface area contributed by atoms with Crippen molar-refractivity contribution in [2.24, 2.45) is 0 Å². The maximum absolute atomic E-state index is 13.1. The molecule has 0 fully saturated rings. The van der Waals surface area contributed by atoms with E-state index in [1.54, 1.807) is 12.1 Å². The third-order valence-corrected chi connectivity index (χ3v) is 4.62. The Balaban J connectivity index is 0.000000404. The molecule has 0 saturated heterocycles. The molecule has 0 atom stereocenters. The number of hydrogen-bond acceptors (Lipinski definition) is 5. The Morgan fingerprint density at radius 1 is 0.946 bits per heavy atom. The molecule has 3 rings (SSSR count). The molecule has 1 aromatic heterocycles. The van der Waals surface area contributed by atoms with Crippen LogP contribution >= 0.6 is 0 Å². The summed E-state index contributed by atoms with van der Waals surface area (Å²) in [6, 6.07) is 6.37. The van der Waals surface area contributed by atoms with Gasteiger partial charge in [0, 0.05) is 36.3 Å². The molecule has 37 heavy (non-hydrogen) atoms. The van der Waals surface area contributed by atoms with Gasteiger partial charge in [0.25, 0.3) is 0 Å². The molecule has 0 unspecified atom stereocenters. The lowest BCUT2D eigenvalue weighted by molar-refractivity contribution is -0.193. The molecule has 1 aromatic carbocycles. The van der Waals surface area contributed by atoms with E-state index in [0.29, 0.717) is 19.6 Å². The highest BCUT2D eigenvalue weighted by Crippen LogP contribution is 2.27. The van der Waals surface area contributed by atoms with E-state index in [1.165, 1.54) is 12.1 Å². The first-order valence-electron chi connectivity index (χ1n) is 10.3. The summed E-state index contributed by atoms with van der Waals surface area (Å²) in [4.78, 5) is 33.8. The number of alkyl halides is 6. The molecule has 0 bridgehead atoms. The number of aromatic amines is 1. The van der Waals surface area contributed by atoms with Crippen molar-refractivity contribution in [1.82, 2.24) is 20.0 Å². The van der Waals surface area contributed by atoms with Crippen molar-refractivity contribution in [3.05, 3.63) is 41.3 Å². The van der Waals surface area contributed by atoms with E-state index in [0.717, 1.165) is 35.4 Å². The molecule has 2 aromatic rings. The van der Waals surface area contributed by atoms with E-state index in [1.807, 2.05) is 23.9 Å². The molecule has 16 heteroatoms. The molecule has 0 spiro atoms. The van der Waals surface area contributed by atoms with Crippen LogP contribution in [0.15, 0.2) is 24.3 Å². The number of carbonyl (C=O) groups excluding carboxylic acids is 1. The van der Waals surface area contributed by atoms with Gasteiger partial charge in [-0.2, -0.15) is 31.4 Å². The number of fused-ring (bicyclic) bond motifs is 1. The predicted octanol–water partition coefficient (Wildman–Crippen LogP) is 2.97. The maximum atomic E-state index is 13.1. The van der Waals surface area contributed by atoms with Crippen LogP contribution in [0.4, 0.5) is 30.7 Å². The van der Waals surface area contributed by atoms with Gasteiger partial charge in [0.2, 0.25) is 5.91 Å². The van der Waals surface area contributed by atoms with Gasteiger partial charge < -0.3 is 20.0 Å². The van der Waals surface area contributed by atoms with E-state index >= 15 is 0 Å². The largest absolute Gasteiger partial charge is 0.490 e. The fourth-order valence-corrected chi connectivity index (χ4v) is 2.95. The standard InChI is InChI=1S/C17H21FN4O.2C2HF3O2/c1-21(2)11-16(23)22-9-7-14-15(8-10-22)19-20-17(14)12-3-5-13(18)6-4-12;2*3-2(4,5)1(6)7/h3-6H,7-11H2,1-2H3,(H,19,20);2*(H,6,7). The Bertz CT molecular complexity index is 1040. The van der Waals surface area contributed by atoms with Crippen LogP contribution in [0.25, 0.3) is 11.3 Å². The molecule has 0 saturated carbocycles. The van der Waals surface area contributed by atoms with Crippen LogP contribution in [0, 0.1) is 5.82 Å². The van der Waals surface area contributed by atoms with Gasteiger partial charge in [-0.3, -0.25) is 9.89 Å². The number of benzene rings is 1. The van der Waals surface area contributed by atoms with Gasteiger partial charge in [0.1, 0.15) is 5.82 Å². The van der Waals surface area contributed by atoms with E-state index in [-0.39, 0.29) is 11.7 Å². The normalized spacial score (nSPS) is 13.4. The Labute approximate surface area is 205 Å². The molecule has 1 aliphatic rings. The summed E-state index contributed by atoms with van der Waals surface area (Å²) >= 11 is 0. The SMILES string of the molecule is CN(C)CC(=O)N1CCc2[nH]nc(-c3ccc(F)cc3)c2CC1.O=C(O)C(F)(F)F.O=C(O)C(F)(F)F. The van der Waals surface area contributed by atoms with Gasteiger partial charge >= 0.3 is 24.3 Å². The van der Waals surface area contributed by atoms with Crippen LogP contribution in [0.5, 0.6) is 0 Å². The number of hydrogen-bond donors (Lipinski definition) is 3. The Hall–Kier alpha value is -3.69. The Morgan fingerprint density at radius 3 is 1.84 bits per heavy atom. The number of halogens is 7. The van der Waals surface area contributed by atoms with Crippen molar-refractivity contribution < 1.29 is 55.3 Å². The first-order chi connectivity index (χ1) is 16.9. The number of aromatic nitrogens is 2. The van der Waals surface area contributed by atoms with Crippen LogP contribution in [0.3, 0.4) is 0 Å². The predicted molar refractivity (Wildman–Crippen MR) is 114 cm³/mol. The number of carbonyl (C=O) groups is 3. The molecular weight excluding hydrogens is 521 g/mol. The van der Waals surface area contributed by atoms with Gasteiger partial charge in [-0.1, -0.05) is 0 Å². The lowest BCUT2D eigenvalue weighted by Gasteiger charge is -2.22. The highest BCUT2D eigenvalue weighted by atomic mass is 19.4. The summed E-state index contributed by atoms with van der Waals surface area (Å²) in [6.45, 7) is 1.81. The van der Waals surface area contributed by atoms with E-state index in [9.17, 15) is 35.5 Å². The van der Waals surface area contributed by atoms with E-state index in [4.69, 9.17) is 19.8 Å². The smallest absolute Gasteiger partial charge is 0.475 e. The molecule has 0 aliphatic carbocycles. The zero-order valence-corrected chi connectivity index (χ0v) is 19.5. The second kappa shape index (κ2) is 13.0. The van der Waals surface area contributed by atoms with Crippen LogP contribution < -0.4 is 0 Å².